The van der Waals surface area contributed by atoms with Crippen LogP contribution in [0.3, 0.4) is 0 Å². The molecule has 5 nitrogen and oxygen atoms in total. The first-order valence-electron chi connectivity index (χ1n) is 8.71. The summed E-state index contributed by atoms with van der Waals surface area (Å²) < 4.78 is 0. The molecular weight excluding hydrogens is 326 g/mol. The Labute approximate surface area is 152 Å². The van der Waals surface area contributed by atoms with Crippen molar-refractivity contribution in [3.8, 4) is 0 Å². The molecular formula is C21H23N3O2. The van der Waals surface area contributed by atoms with E-state index in [4.69, 9.17) is 0 Å². The molecule has 0 aliphatic heterocycles. The number of amides is 1. The molecule has 1 aromatic heterocycles. The zero-order valence-electron chi connectivity index (χ0n) is 15.3. The maximum atomic E-state index is 12.3. The van der Waals surface area contributed by atoms with Crippen molar-refractivity contribution in [1.29, 1.82) is 0 Å². The highest BCUT2D eigenvalue weighted by atomic mass is 16.1. The van der Waals surface area contributed by atoms with Crippen molar-refractivity contribution in [3.63, 3.8) is 0 Å². The third-order valence-electron chi connectivity index (χ3n) is 4.27. The normalized spacial score (nSPS) is 11.5. The molecule has 0 aliphatic rings. The van der Waals surface area contributed by atoms with E-state index in [-0.39, 0.29) is 23.3 Å². The van der Waals surface area contributed by atoms with Crippen LogP contribution < -0.4 is 10.9 Å². The lowest BCUT2D eigenvalue weighted by atomic mass is 9.87. The minimum Gasteiger partial charge on any atom is -0.326 e. The Morgan fingerprint density at radius 3 is 2.65 bits per heavy atom. The van der Waals surface area contributed by atoms with Crippen molar-refractivity contribution in [2.45, 2.75) is 39.0 Å². The number of fused-ring (bicyclic) bond motifs is 1. The number of aromatic nitrogens is 2. The smallest absolute Gasteiger partial charge is 0.270 e. The summed E-state index contributed by atoms with van der Waals surface area (Å²) in [6, 6.07) is 15.2. The van der Waals surface area contributed by atoms with Crippen molar-refractivity contribution in [2.24, 2.45) is 0 Å². The highest BCUT2D eigenvalue weighted by molar-refractivity contribution is 5.90. The molecule has 1 amide bonds. The van der Waals surface area contributed by atoms with Gasteiger partial charge in [0.05, 0.1) is 11.0 Å². The van der Waals surface area contributed by atoms with E-state index in [1.54, 1.807) is 0 Å². The van der Waals surface area contributed by atoms with Gasteiger partial charge in [-0.1, -0.05) is 45.0 Å². The van der Waals surface area contributed by atoms with E-state index >= 15 is 0 Å². The Kier molecular flexibility index (Phi) is 4.89. The Morgan fingerprint density at radius 1 is 1.12 bits per heavy atom. The van der Waals surface area contributed by atoms with Crippen molar-refractivity contribution < 1.29 is 4.79 Å². The second kappa shape index (κ2) is 7.12. The molecule has 2 aromatic carbocycles. The van der Waals surface area contributed by atoms with Crippen molar-refractivity contribution in [1.82, 2.24) is 9.97 Å². The van der Waals surface area contributed by atoms with Crippen LogP contribution in [0.2, 0.25) is 0 Å². The van der Waals surface area contributed by atoms with Gasteiger partial charge >= 0.3 is 0 Å². The highest BCUT2D eigenvalue weighted by Gasteiger charge is 2.14. The van der Waals surface area contributed by atoms with Gasteiger partial charge in [0.15, 0.2) is 0 Å². The number of rotatable bonds is 4. The van der Waals surface area contributed by atoms with Crippen LogP contribution in [0.1, 0.15) is 38.4 Å². The lowest BCUT2D eigenvalue weighted by Crippen LogP contribution is -2.19. The average Bonchev–Trinajstić information content (AvgIpc) is 2.59. The van der Waals surface area contributed by atoms with E-state index in [1.807, 2.05) is 48.5 Å². The van der Waals surface area contributed by atoms with E-state index in [9.17, 15) is 9.59 Å². The van der Waals surface area contributed by atoms with Gasteiger partial charge in [0.2, 0.25) is 5.91 Å². The maximum Gasteiger partial charge on any atom is 0.270 e. The predicted octanol–water partition coefficient (Wildman–Crippen LogP) is 3.79. The topological polar surface area (TPSA) is 74.8 Å². The Bertz CT molecular complexity index is 1000. The number of para-hydroxylation sites is 2. The molecule has 1 heterocycles. The van der Waals surface area contributed by atoms with Crippen LogP contribution in [0.4, 0.5) is 5.69 Å². The standard InChI is InChI=1S/C21H23N3O2/c1-21(2,3)14-7-6-8-15(13-14)22-19(25)12-11-18-20(26)24-17-10-5-4-9-16(17)23-18/h4-10,13H,11-12H2,1-3H3,(H,22,25)(H,24,26). The van der Waals surface area contributed by atoms with Crippen molar-refractivity contribution in [3.05, 3.63) is 70.1 Å². The number of carbonyl (C=O) groups excluding carboxylic acids is 1. The number of carbonyl (C=O) groups is 1. The average molecular weight is 349 g/mol. The third-order valence-corrected chi connectivity index (χ3v) is 4.27. The largest absolute Gasteiger partial charge is 0.326 e. The fourth-order valence-electron chi connectivity index (χ4n) is 2.76. The number of aromatic amines is 1. The Hall–Kier alpha value is -2.95. The summed E-state index contributed by atoms with van der Waals surface area (Å²) in [6.45, 7) is 6.39. The van der Waals surface area contributed by atoms with E-state index in [0.717, 1.165) is 16.8 Å². The van der Waals surface area contributed by atoms with Gasteiger partial charge in [0.1, 0.15) is 5.69 Å². The number of benzene rings is 2. The monoisotopic (exact) mass is 349 g/mol. The molecule has 0 fully saturated rings. The molecule has 0 atom stereocenters. The van der Waals surface area contributed by atoms with Crippen LogP contribution in [-0.2, 0) is 16.6 Å². The molecule has 3 rings (SSSR count). The lowest BCUT2D eigenvalue weighted by Gasteiger charge is -2.19. The molecule has 0 saturated carbocycles. The van der Waals surface area contributed by atoms with E-state index in [0.29, 0.717) is 17.6 Å². The van der Waals surface area contributed by atoms with Crippen molar-refractivity contribution >= 4 is 22.6 Å². The van der Waals surface area contributed by atoms with Gasteiger partial charge in [-0.3, -0.25) is 9.59 Å². The molecule has 5 heteroatoms. The fraction of sp³-hybridized carbons (Fsp3) is 0.286. The predicted molar refractivity (Wildman–Crippen MR) is 104 cm³/mol. The van der Waals surface area contributed by atoms with Crippen LogP contribution in [0.5, 0.6) is 0 Å². The first-order valence-corrected chi connectivity index (χ1v) is 8.71. The molecule has 3 aromatic rings. The summed E-state index contributed by atoms with van der Waals surface area (Å²) in [5, 5.41) is 2.90. The van der Waals surface area contributed by atoms with Crippen LogP contribution in [-0.4, -0.2) is 15.9 Å². The van der Waals surface area contributed by atoms with E-state index < -0.39 is 0 Å². The zero-order chi connectivity index (χ0) is 18.7. The minimum absolute atomic E-state index is 0.0169. The summed E-state index contributed by atoms with van der Waals surface area (Å²) in [5.74, 6) is -0.134. The maximum absolute atomic E-state index is 12.3. The number of hydrogen-bond donors (Lipinski definition) is 2. The lowest BCUT2D eigenvalue weighted by molar-refractivity contribution is -0.116. The second-order valence-corrected chi connectivity index (χ2v) is 7.41. The number of hydrogen-bond acceptors (Lipinski definition) is 3. The van der Waals surface area contributed by atoms with Gasteiger partial charge in [0, 0.05) is 18.5 Å². The first kappa shape index (κ1) is 17.9. The first-order chi connectivity index (χ1) is 12.3. The quantitative estimate of drug-likeness (QED) is 0.752. The van der Waals surface area contributed by atoms with Gasteiger partial charge in [-0.15, -0.1) is 0 Å². The number of nitrogens with zero attached hydrogens (tertiary/aromatic N) is 1. The molecule has 2 N–H and O–H groups in total. The molecule has 0 unspecified atom stereocenters. The molecule has 0 spiro atoms. The number of anilines is 1. The molecule has 0 aliphatic carbocycles. The third kappa shape index (κ3) is 4.17. The van der Waals surface area contributed by atoms with Gasteiger partial charge in [0.25, 0.3) is 5.56 Å². The van der Waals surface area contributed by atoms with Crippen LogP contribution in [0, 0.1) is 0 Å². The van der Waals surface area contributed by atoms with Crippen LogP contribution in [0.25, 0.3) is 11.0 Å². The van der Waals surface area contributed by atoms with E-state index in [2.05, 4.69) is 36.1 Å². The summed E-state index contributed by atoms with van der Waals surface area (Å²) >= 11 is 0. The molecule has 26 heavy (non-hydrogen) atoms. The van der Waals surface area contributed by atoms with Crippen LogP contribution >= 0.6 is 0 Å². The van der Waals surface area contributed by atoms with Gasteiger partial charge in [-0.05, 0) is 35.2 Å². The zero-order valence-corrected chi connectivity index (χ0v) is 15.3. The van der Waals surface area contributed by atoms with Gasteiger partial charge < -0.3 is 10.3 Å². The minimum atomic E-state index is -0.244. The Balaban J connectivity index is 1.68. The number of H-pyrrole nitrogens is 1. The summed E-state index contributed by atoms with van der Waals surface area (Å²) in [7, 11) is 0. The fourth-order valence-corrected chi connectivity index (χ4v) is 2.76. The number of aryl methyl sites for hydroxylation is 1. The summed E-state index contributed by atoms with van der Waals surface area (Å²) in [4.78, 5) is 31.6. The molecule has 0 bridgehead atoms. The molecule has 0 radical (unpaired) electrons. The summed E-state index contributed by atoms with van der Waals surface area (Å²) in [5.41, 5.74) is 3.49. The van der Waals surface area contributed by atoms with Gasteiger partial charge in [-0.2, -0.15) is 0 Å². The number of nitrogens with one attached hydrogen (secondary N) is 2. The second-order valence-electron chi connectivity index (χ2n) is 7.41. The van der Waals surface area contributed by atoms with Crippen molar-refractivity contribution in [2.75, 3.05) is 5.32 Å². The summed E-state index contributed by atoms with van der Waals surface area (Å²) in [6.07, 6.45) is 0.499. The highest BCUT2D eigenvalue weighted by Crippen LogP contribution is 2.24. The molecule has 0 saturated heterocycles. The SMILES string of the molecule is CC(C)(C)c1cccc(NC(=O)CCc2nc3ccccc3[nH]c2=O)c1. The van der Waals surface area contributed by atoms with Crippen LogP contribution in [0.15, 0.2) is 53.3 Å². The van der Waals surface area contributed by atoms with E-state index in [1.165, 1.54) is 0 Å². The van der Waals surface area contributed by atoms with Gasteiger partial charge in [-0.25, -0.2) is 4.98 Å². The molecule has 134 valence electrons. The Morgan fingerprint density at radius 2 is 1.88 bits per heavy atom.